The Morgan fingerprint density at radius 3 is 2.30 bits per heavy atom. The summed E-state index contributed by atoms with van der Waals surface area (Å²) in [6, 6.07) is 32.1. The second-order valence-corrected chi connectivity index (χ2v) is 12.4. The van der Waals surface area contributed by atoms with E-state index >= 15 is 0 Å². The Morgan fingerprint density at radius 2 is 1.61 bits per heavy atom. The molecular formula is C35H30BrN5O4S. The summed E-state index contributed by atoms with van der Waals surface area (Å²) in [6.45, 7) is 1.90. The monoisotopic (exact) mass is 695 g/mol. The Balaban J connectivity index is 1.27. The van der Waals surface area contributed by atoms with E-state index < -0.39 is 17.1 Å². The number of amidine groups is 1. The molecule has 0 radical (unpaired) electrons. The Hall–Kier alpha value is -5.00. The normalized spacial score (nSPS) is 13.5. The van der Waals surface area contributed by atoms with Crippen LogP contribution >= 0.6 is 27.7 Å². The van der Waals surface area contributed by atoms with Crippen molar-refractivity contribution >= 4 is 74.6 Å². The topological polar surface area (TPSA) is 120 Å². The molecule has 3 N–H and O–H groups in total. The molecule has 46 heavy (non-hydrogen) atoms. The fraction of sp³-hybridized carbons (Fsp3) is 0.114. The predicted octanol–water partition coefficient (Wildman–Crippen LogP) is 6.60. The van der Waals surface area contributed by atoms with Gasteiger partial charge in [-0.25, -0.2) is 0 Å². The van der Waals surface area contributed by atoms with Crippen molar-refractivity contribution in [1.29, 1.82) is 0 Å². The average Bonchev–Trinajstić information content (AvgIpc) is 3.44. The number of thioether (sulfide) groups is 1. The zero-order valence-corrected chi connectivity index (χ0v) is 27.2. The molecule has 4 aromatic carbocycles. The Morgan fingerprint density at radius 1 is 0.913 bits per heavy atom. The molecule has 0 bridgehead atoms. The van der Waals surface area contributed by atoms with Gasteiger partial charge >= 0.3 is 0 Å². The van der Waals surface area contributed by atoms with Crippen LogP contribution in [0.3, 0.4) is 0 Å². The molecule has 0 aliphatic carbocycles. The van der Waals surface area contributed by atoms with Gasteiger partial charge in [0.15, 0.2) is 0 Å². The van der Waals surface area contributed by atoms with Crippen LogP contribution in [0.25, 0.3) is 6.08 Å². The lowest BCUT2D eigenvalue weighted by Gasteiger charge is -2.15. The molecule has 0 fully saturated rings. The van der Waals surface area contributed by atoms with Gasteiger partial charge < -0.3 is 16.0 Å². The number of nitrogens with zero attached hydrogens (tertiary/aromatic N) is 2. The minimum absolute atomic E-state index is 0.000168. The molecule has 1 heterocycles. The number of hydrogen-bond donors (Lipinski definition) is 3. The summed E-state index contributed by atoms with van der Waals surface area (Å²) in [5, 5.41) is 13.5. The average molecular weight is 697 g/mol. The van der Waals surface area contributed by atoms with E-state index in [0.717, 1.165) is 14.9 Å². The van der Waals surface area contributed by atoms with Gasteiger partial charge in [-0.05, 0) is 72.7 Å². The van der Waals surface area contributed by atoms with Crippen LogP contribution in [0.4, 0.5) is 11.4 Å². The van der Waals surface area contributed by atoms with Crippen LogP contribution in [0.15, 0.2) is 129 Å². The number of para-hydroxylation sites is 1. The lowest BCUT2D eigenvalue weighted by molar-refractivity contribution is -0.119. The Labute approximate surface area is 279 Å². The minimum atomic E-state index is -0.508. The highest BCUT2D eigenvalue weighted by molar-refractivity contribution is 9.10. The van der Waals surface area contributed by atoms with Crippen molar-refractivity contribution in [2.75, 3.05) is 10.3 Å². The Bertz CT molecular complexity index is 1800. The molecule has 0 spiro atoms. The number of hydrazone groups is 1. The summed E-state index contributed by atoms with van der Waals surface area (Å²) in [7, 11) is 0. The van der Waals surface area contributed by atoms with Crippen LogP contribution in [0.5, 0.6) is 0 Å². The number of rotatable bonds is 10. The maximum Gasteiger partial charge on any atom is 0.272 e. The molecule has 0 saturated heterocycles. The van der Waals surface area contributed by atoms with E-state index in [9.17, 15) is 19.2 Å². The lowest BCUT2D eigenvalue weighted by atomic mass is 10.1. The highest BCUT2D eigenvalue weighted by atomic mass is 79.9. The quantitative estimate of drug-likeness (QED) is 0.128. The number of halogens is 1. The zero-order valence-electron chi connectivity index (χ0n) is 24.8. The molecule has 0 aromatic heterocycles. The van der Waals surface area contributed by atoms with E-state index in [1.807, 2.05) is 61.5 Å². The minimum Gasteiger partial charge on any atom is -0.321 e. The molecule has 0 saturated carbocycles. The standard InChI is InChI=1S/C35H30BrN5O4S/c1-2-30(35(45)39-31-22-32(42)41(40-31)27-13-7-4-8-14-27)46-28-15-9-12-26(21-28)37-34(44)29(20-23-16-18-25(36)19-17-23)38-33(43)24-10-5-3-6-11-24/h3-21,30H,2,22H2,1H3,(H,37,44)(H,38,43)(H,39,40,45)/b29-20-. The molecule has 1 aliphatic heterocycles. The van der Waals surface area contributed by atoms with E-state index in [1.54, 1.807) is 60.7 Å². The lowest BCUT2D eigenvalue weighted by Crippen LogP contribution is -2.36. The van der Waals surface area contributed by atoms with Crippen LogP contribution in [-0.2, 0) is 14.4 Å². The molecule has 1 aliphatic rings. The summed E-state index contributed by atoms with van der Waals surface area (Å²) in [5.41, 5.74) is 2.33. The third kappa shape index (κ3) is 8.58. The molecule has 4 amide bonds. The number of benzene rings is 4. The van der Waals surface area contributed by atoms with Gasteiger partial charge in [0.1, 0.15) is 11.5 Å². The summed E-state index contributed by atoms with van der Waals surface area (Å²) in [6.07, 6.45) is 2.12. The summed E-state index contributed by atoms with van der Waals surface area (Å²) >= 11 is 4.74. The van der Waals surface area contributed by atoms with Gasteiger partial charge in [0.2, 0.25) is 5.91 Å². The predicted molar refractivity (Wildman–Crippen MR) is 185 cm³/mol. The van der Waals surface area contributed by atoms with Gasteiger partial charge in [0, 0.05) is 20.6 Å². The van der Waals surface area contributed by atoms with Crippen molar-refractivity contribution in [3.8, 4) is 0 Å². The highest BCUT2D eigenvalue weighted by Gasteiger charge is 2.28. The first kappa shape index (κ1) is 32.4. The van der Waals surface area contributed by atoms with Crippen LogP contribution in [0.2, 0.25) is 0 Å². The fourth-order valence-electron chi connectivity index (χ4n) is 4.49. The molecule has 232 valence electrons. The second-order valence-electron chi connectivity index (χ2n) is 10.2. The SMILES string of the molecule is CCC(Sc1cccc(NC(=O)/C(=C/c2ccc(Br)cc2)NC(=O)c2ccccc2)c1)C(=O)NC1=NN(c2ccccc2)C(=O)C1. The molecule has 1 unspecified atom stereocenters. The molecule has 9 nitrogen and oxygen atoms in total. The number of anilines is 2. The van der Waals surface area contributed by atoms with E-state index in [0.29, 0.717) is 29.2 Å². The highest BCUT2D eigenvalue weighted by Crippen LogP contribution is 2.28. The summed E-state index contributed by atoms with van der Waals surface area (Å²) < 4.78 is 0.885. The van der Waals surface area contributed by atoms with E-state index in [4.69, 9.17) is 0 Å². The maximum absolute atomic E-state index is 13.5. The molecule has 4 aromatic rings. The smallest absolute Gasteiger partial charge is 0.272 e. The van der Waals surface area contributed by atoms with Gasteiger partial charge in [-0.1, -0.05) is 77.5 Å². The number of nitrogens with one attached hydrogen (secondary N) is 3. The third-order valence-electron chi connectivity index (χ3n) is 6.79. The zero-order chi connectivity index (χ0) is 32.5. The van der Waals surface area contributed by atoms with Crippen molar-refractivity contribution in [3.05, 3.63) is 130 Å². The summed E-state index contributed by atoms with van der Waals surface area (Å²) in [4.78, 5) is 52.9. The van der Waals surface area contributed by atoms with Crippen LogP contribution in [0, 0.1) is 0 Å². The van der Waals surface area contributed by atoms with Gasteiger partial charge in [-0.3, -0.25) is 19.2 Å². The van der Waals surface area contributed by atoms with Crippen LogP contribution < -0.4 is 21.0 Å². The van der Waals surface area contributed by atoms with Crippen molar-refractivity contribution in [3.63, 3.8) is 0 Å². The first-order valence-electron chi connectivity index (χ1n) is 14.5. The van der Waals surface area contributed by atoms with Crippen molar-refractivity contribution in [1.82, 2.24) is 10.6 Å². The molecule has 1 atom stereocenters. The Kier molecular flexibility index (Phi) is 10.8. The molecular weight excluding hydrogens is 666 g/mol. The third-order valence-corrected chi connectivity index (χ3v) is 8.67. The van der Waals surface area contributed by atoms with E-state index in [-0.39, 0.29) is 23.9 Å². The molecule has 11 heteroatoms. The molecule has 5 rings (SSSR count). The fourth-order valence-corrected chi connectivity index (χ4v) is 5.77. The number of hydrogen-bond acceptors (Lipinski definition) is 6. The largest absolute Gasteiger partial charge is 0.321 e. The maximum atomic E-state index is 13.5. The second kappa shape index (κ2) is 15.3. The van der Waals surface area contributed by atoms with Gasteiger partial charge in [0.05, 0.1) is 17.4 Å². The number of carbonyl (C=O) groups is 4. The van der Waals surface area contributed by atoms with Crippen molar-refractivity contribution in [2.45, 2.75) is 29.9 Å². The first-order chi connectivity index (χ1) is 22.3. The van der Waals surface area contributed by atoms with Gasteiger partial charge in [-0.2, -0.15) is 10.1 Å². The van der Waals surface area contributed by atoms with Crippen molar-refractivity contribution < 1.29 is 19.2 Å². The number of carbonyl (C=O) groups excluding carboxylic acids is 4. The van der Waals surface area contributed by atoms with Crippen LogP contribution in [0.1, 0.15) is 35.7 Å². The number of amides is 4. The van der Waals surface area contributed by atoms with Gasteiger partial charge in [0.25, 0.3) is 17.7 Å². The van der Waals surface area contributed by atoms with E-state index in [1.165, 1.54) is 16.8 Å². The van der Waals surface area contributed by atoms with E-state index in [2.05, 4.69) is 37.0 Å². The van der Waals surface area contributed by atoms with Crippen molar-refractivity contribution in [2.24, 2.45) is 5.10 Å². The van der Waals surface area contributed by atoms with Gasteiger partial charge in [-0.15, -0.1) is 11.8 Å². The van der Waals surface area contributed by atoms with Crippen LogP contribution in [-0.4, -0.2) is 34.7 Å². The summed E-state index contributed by atoms with van der Waals surface area (Å²) in [5.74, 6) is -1.13. The first-order valence-corrected chi connectivity index (χ1v) is 16.1.